The molecule has 0 aromatic heterocycles. The van der Waals surface area contributed by atoms with Crippen molar-refractivity contribution >= 4 is 5.78 Å². The Morgan fingerprint density at radius 2 is 2.03 bits per heavy atom. The van der Waals surface area contributed by atoms with Crippen LogP contribution in [0.25, 0.3) is 0 Å². The highest BCUT2D eigenvalue weighted by Crippen LogP contribution is 2.59. The van der Waals surface area contributed by atoms with Crippen molar-refractivity contribution in [2.24, 2.45) is 29.1 Å². The van der Waals surface area contributed by atoms with Gasteiger partial charge in [0, 0.05) is 22.9 Å². The highest BCUT2D eigenvalue weighted by Gasteiger charge is 2.53. The maximum Gasteiger partial charge on any atom is 0.167 e. The molecule has 4 nitrogen and oxygen atoms in total. The van der Waals surface area contributed by atoms with Gasteiger partial charge in [0.05, 0.1) is 12.2 Å². The number of Topliss-reactive ketones (excluding diaryl/α,β-unsaturated/α-hetero) is 1. The van der Waals surface area contributed by atoms with Crippen molar-refractivity contribution in [3.63, 3.8) is 0 Å². The molecule has 1 aliphatic heterocycles. The summed E-state index contributed by atoms with van der Waals surface area (Å²) in [5, 5.41) is 24.5. The maximum atomic E-state index is 13.9. The molecular weight excluding hydrogens is 386 g/mol. The fourth-order valence-electron chi connectivity index (χ4n) is 7.76. The molecule has 0 radical (unpaired) electrons. The highest BCUT2D eigenvalue weighted by molar-refractivity contribution is 6.05. The summed E-state index contributed by atoms with van der Waals surface area (Å²) in [6.45, 7) is 9.83. The van der Waals surface area contributed by atoms with Gasteiger partial charge in [-0.15, -0.1) is 0 Å². The van der Waals surface area contributed by atoms with Gasteiger partial charge in [-0.25, -0.2) is 0 Å². The first-order valence-electron chi connectivity index (χ1n) is 12.5. The third-order valence-electron chi connectivity index (χ3n) is 9.51. The molecule has 8 atom stereocenters. The Balaban J connectivity index is 1.44. The van der Waals surface area contributed by atoms with Crippen molar-refractivity contribution in [3.8, 4) is 0 Å². The van der Waals surface area contributed by atoms with E-state index >= 15 is 0 Å². The first-order valence-corrected chi connectivity index (χ1v) is 12.5. The van der Waals surface area contributed by atoms with Gasteiger partial charge in [-0.2, -0.15) is 0 Å². The lowest BCUT2D eigenvalue weighted by molar-refractivity contribution is -0.119. The third kappa shape index (κ3) is 3.24. The Hall–Kier alpha value is -1.23. The second-order valence-corrected chi connectivity index (χ2v) is 11.4. The van der Waals surface area contributed by atoms with Crippen molar-refractivity contribution in [2.75, 3.05) is 6.54 Å². The first-order chi connectivity index (χ1) is 14.7. The van der Waals surface area contributed by atoms with Gasteiger partial charge in [-0.1, -0.05) is 49.1 Å². The summed E-state index contributed by atoms with van der Waals surface area (Å²) in [6, 6.07) is 0.0856. The summed E-state index contributed by atoms with van der Waals surface area (Å²) >= 11 is 0. The zero-order valence-corrected chi connectivity index (χ0v) is 19.6. The van der Waals surface area contributed by atoms with E-state index in [4.69, 9.17) is 0 Å². The summed E-state index contributed by atoms with van der Waals surface area (Å²) in [4.78, 5) is 13.9. The van der Waals surface area contributed by atoms with Crippen LogP contribution in [0, 0.1) is 29.1 Å². The van der Waals surface area contributed by atoms with Crippen LogP contribution < -0.4 is 5.32 Å². The number of carbonyl (C=O) groups is 1. The lowest BCUT2D eigenvalue weighted by atomic mass is 9.62. The molecule has 31 heavy (non-hydrogen) atoms. The molecule has 0 bridgehead atoms. The van der Waals surface area contributed by atoms with Crippen LogP contribution in [-0.4, -0.2) is 40.8 Å². The third-order valence-corrected chi connectivity index (χ3v) is 9.51. The van der Waals surface area contributed by atoms with Gasteiger partial charge in [0.25, 0.3) is 0 Å². The summed E-state index contributed by atoms with van der Waals surface area (Å²) in [5.41, 5.74) is 6.29. The normalized spacial score (nSPS) is 43.9. The fourth-order valence-corrected chi connectivity index (χ4v) is 7.76. The number of rotatable bonds is 2. The lowest BCUT2D eigenvalue weighted by Gasteiger charge is -2.42. The number of hydrogen-bond acceptors (Lipinski definition) is 4. The van der Waals surface area contributed by atoms with Crippen LogP contribution in [0.4, 0.5) is 0 Å². The number of allylic oxidation sites excluding steroid dienone is 4. The Morgan fingerprint density at radius 3 is 2.77 bits per heavy atom. The van der Waals surface area contributed by atoms with Crippen LogP contribution in [0.2, 0.25) is 0 Å². The van der Waals surface area contributed by atoms with Crippen LogP contribution in [0.15, 0.2) is 33.9 Å². The van der Waals surface area contributed by atoms with Crippen molar-refractivity contribution < 1.29 is 15.0 Å². The second-order valence-electron chi connectivity index (χ2n) is 11.4. The Labute approximate surface area is 186 Å². The van der Waals surface area contributed by atoms with Crippen LogP contribution in [-0.2, 0) is 4.79 Å². The SMILES string of the molecule is CC1=C([C@H](C)[C@@H]2NC[C@H](C)C[C@@H]2O)CC[C@@H]2C3=C(C(=O)[C@H]12)[C@]1(C)CC[C@@H](O)CC1=CC3. The standard InChI is InChI=1S/C27H39NO3/c1-14-11-22(30)25(28-13-14)16(3)19-7-8-20-21-6-5-17-12-18(29)9-10-27(17,4)24(21)26(31)23(20)15(19)2/h5,14,16,18,20,22-23,25,28-30H,6-13H2,1-4H3/t14-,16+,18-,20-,22+,23-,25+,27-/m1/s1. The molecule has 1 saturated heterocycles. The summed E-state index contributed by atoms with van der Waals surface area (Å²) in [7, 11) is 0. The number of ketones is 1. The number of piperidine rings is 1. The monoisotopic (exact) mass is 425 g/mol. The molecule has 4 aliphatic carbocycles. The summed E-state index contributed by atoms with van der Waals surface area (Å²) < 4.78 is 0. The minimum Gasteiger partial charge on any atom is -0.393 e. The van der Waals surface area contributed by atoms with E-state index in [2.05, 4.69) is 39.1 Å². The highest BCUT2D eigenvalue weighted by atomic mass is 16.3. The average Bonchev–Trinajstić information content (AvgIpc) is 3.02. The smallest absolute Gasteiger partial charge is 0.167 e. The van der Waals surface area contributed by atoms with Crippen LogP contribution in [0.5, 0.6) is 0 Å². The van der Waals surface area contributed by atoms with E-state index in [1.54, 1.807) is 0 Å². The van der Waals surface area contributed by atoms with Gasteiger partial charge in [0.15, 0.2) is 5.78 Å². The maximum absolute atomic E-state index is 13.9. The predicted molar refractivity (Wildman–Crippen MR) is 122 cm³/mol. The molecule has 1 saturated carbocycles. The van der Waals surface area contributed by atoms with E-state index in [-0.39, 0.29) is 35.5 Å². The van der Waals surface area contributed by atoms with Gasteiger partial charge >= 0.3 is 0 Å². The van der Waals surface area contributed by atoms with E-state index in [1.807, 2.05) is 0 Å². The molecule has 0 spiro atoms. The molecule has 3 N–H and O–H groups in total. The van der Waals surface area contributed by atoms with E-state index < -0.39 is 0 Å². The van der Waals surface area contributed by atoms with Gasteiger partial charge in [0.2, 0.25) is 0 Å². The van der Waals surface area contributed by atoms with E-state index in [0.717, 1.165) is 57.1 Å². The topological polar surface area (TPSA) is 69.6 Å². The zero-order valence-electron chi connectivity index (χ0n) is 19.6. The molecule has 0 unspecified atom stereocenters. The van der Waals surface area contributed by atoms with Crippen LogP contribution in [0.1, 0.15) is 72.6 Å². The largest absolute Gasteiger partial charge is 0.393 e. The fraction of sp³-hybridized carbons (Fsp3) is 0.741. The lowest BCUT2D eigenvalue weighted by Crippen LogP contribution is -2.52. The van der Waals surface area contributed by atoms with Crippen molar-refractivity contribution in [2.45, 2.75) is 90.9 Å². The van der Waals surface area contributed by atoms with Crippen LogP contribution >= 0.6 is 0 Å². The Morgan fingerprint density at radius 1 is 1.26 bits per heavy atom. The average molecular weight is 426 g/mol. The number of hydrogen-bond donors (Lipinski definition) is 3. The molecular formula is C27H39NO3. The molecule has 1 heterocycles. The van der Waals surface area contributed by atoms with E-state index in [9.17, 15) is 15.0 Å². The number of aliphatic hydroxyl groups is 2. The Bertz CT molecular complexity index is 883. The number of carbonyl (C=O) groups excluding carboxylic acids is 1. The number of fused-ring (bicyclic) bond motifs is 4. The van der Waals surface area contributed by atoms with E-state index in [0.29, 0.717) is 17.6 Å². The zero-order chi connectivity index (χ0) is 22.1. The number of nitrogens with one attached hydrogen (secondary N) is 1. The van der Waals surface area contributed by atoms with E-state index in [1.165, 1.54) is 22.3 Å². The molecule has 2 fully saturated rings. The molecule has 5 aliphatic rings. The minimum atomic E-state index is -0.318. The van der Waals surface area contributed by atoms with Gasteiger partial charge < -0.3 is 15.5 Å². The Kier molecular flexibility index (Phi) is 5.35. The summed E-state index contributed by atoms with van der Waals surface area (Å²) in [6.07, 6.45) is 7.97. The predicted octanol–water partition coefficient (Wildman–Crippen LogP) is 4.08. The summed E-state index contributed by atoms with van der Waals surface area (Å²) in [5.74, 6) is 1.46. The molecule has 5 rings (SSSR count). The minimum absolute atomic E-state index is 0.00715. The second kappa shape index (κ2) is 7.67. The first kappa shape index (κ1) is 21.6. The quantitative estimate of drug-likeness (QED) is 0.583. The molecule has 0 aromatic carbocycles. The molecule has 170 valence electrons. The van der Waals surface area contributed by atoms with Crippen molar-refractivity contribution in [1.29, 1.82) is 0 Å². The van der Waals surface area contributed by atoms with Crippen LogP contribution in [0.3, 0.4) is 0 Å². The number of aliphatic hydroxyl groups excluding tert-OH is 2. The van der Waals surface area contributed by atoms with Crippen molar-refractivity contribution in [3.05, 3.63) is 33.9 Å². The van der Waals surface area contributed by atoms with Crippen molar-refractivity contribution in [1.82, 2.24) is 5.32 Å². The van der Waals surface area contributed by atoms with Gasteiger partial charge in [-0.05, 0) is 76.2 Å². The molecule has 4 heteroatoms. The van der Waals surface area contributed by atoms with Gasteiger partial charge in [-0.3, -0.25) is 4.79 Å². The molecule has 0 aromatic rings. The van der Waals surface area contributed by atoms with Gasteiger partial charge in [0.1, 0.15) is 0 Å². The molecule has 0 amide bonds.